The molecule has 1 atom stereocenters. The van der Waals surface area contributed by atoms with Gasteiger partial charge in [0, 0.05) is 31.4 Å². The molecule has 0 saturated carbocycles. The van der Waals surface area contributed by atoms with Crippen LogP contribution in [-0.2, 0) is 9.53 Å². The number of rotatable bonds is 7. The number of ether oxygens (including phenoxy) is 3. The standard InChI is InChI=1S/C27H29N3O5S/c1-7-35-26(32)23-16(2)28-27-30(24(23)20-13-12-19(33-5)15-21(20)34-6)25(31)22(36-27)14-17-8-10-18(11-9-17)29(3)4/h8-15,24H,7H2,1-6H3/b22-14-/t24-/m0/s1. The number of thiazole rings is 1. The molecular formula is C27H29N3O5S. The molecule has 36 heavy (non-hydrogen) atoms. The summed E-state index contributed by atoms with van der Waals surface area (Å²) in [5.41, 5.74) is 3.15. The third-order valence-electron chi connectivity index (χ3n) is 5.96. The fraction of sp³-hybridized carbons (Fsp3) is 0.296. The Hall–Kier alpha value is -3.85. The van der Waals surface area contributed by atoms with Crippen molar-refractivity contribution in [2.45, 2.75) is 19.9 Å². The third kappa shape index (κ3) is 4.66. The molecule has 8 nitrogen and oxygen atoms in total. The van der Waals surface area contributed by atoms with Gasteiger partial charge in [-0.25, -0.2) is 9.79 Å². The SMILES string of the molecule is CCOC(=O)C1=C(C)N=c2s/c(=C\c3ccc(N(C)C)cc3)c(=O)n2[C@H]1c1ccc(OC)cc1OC. The van der Waals surface area contributed by atoms with Crippen molar-refractivity contribution in [2.75, 3.05) is 39.8 Å². The number of nitrogens with zero attached hydrogens (tertiary/aromatic N) is 3. The van der Waals surface area contributed by atoms with Gasteiger partial charge >= 0.3 is 5.97 Å². The minimum atomic E-state index is -0.764. The number of carbonyl (C=O) groups excluding carboxylic acids is 1. The molecule has 9 heteroatoms. The number of aromatic nitrogens is 1. The summed E-state index contributed by atoms with van der Waals surface area (Å²) in [6, 6.07) is 12.5. The minimum absolute atomic E-state index is 0.204. The van der Waals surface area contributed by atoms with Gasteiger partial charge in [-0.05, 0) is 49.8 Å². The van der Waals surface area contributed by atoms with E-state index < -0.39 is 12.0 Å². The van der Waals surface area contributed by atoms with Crippen LogP contribution in [0, 0.1) is 0 Å². The van der Waals surface area contributed by atoms with Crippen LogP contribution in [0.25, 0.3) is 6.08 Å². The van der Waals surface area contributed by atoms with Crippen molar-refractivity contribution in [1.82, 2.24) is 4.57 Å². The van der Waals surface area contributed by atoms with Gasteiger partial charge < -0.3 is 19.1 Å². The summed E-state index contributed by atoms with van der Waals surface area (Å²) in [6.45, 7) is 3.70. The molecule has 0 N–H and O–H groups in total. The summed E-state index contributed by atoms with van der Waals surface area (Å²) >= 11 is 1.28. The van der Waals surface area contributed by atoms with E-state index in [0.717, 1.165) is 11.3 Å². The molecule has 188 valence electrons. The fourth-order valence-corrected chi connectivity index (χ4v) is 5.20. The van der Waals surface area contributed by atoms with E-state index in [1.165, 1.54) is 11.3 Å². The first-order chi connectivity index (χ1) is 17.3. The number of hydrogen-bond acceptors (Lipinski definition) is 8. The molecule has 0 amide bonds. The van der Waals surface area contributed by atoms with E-state index in [9.17, 15) is 9.59 Å². The highest BCUT2D eigenvalue weighted by Crippen LogP contribution is 2.37. The maximum Gasteiger partial charge on any atom is 0.338 e. The summed E-state index contributed by atoms with van der Waals surface area (Å²) in [5.74, 6) is 0.572. The van der Waals surface area contributed by atoms with Crippen molar-refractivity contribution in [2.24, 2.45) is 4.99 Å². The highest BCUT2D eigenvalue weighted by atomic mass is 32.1. The average Bonchev–Trinajstić information content (AvgIpc) is 3.17. The van der Waals surface area contributed by atoms with Gasteiger partial charge in [-0.15, -0.1) is 0 Å². The Morgan fingerprint density at radius 3 is 2.47 bits per heavy atom. The Balaban J connectivity index is 1.94. The summed E-state index contributed by atoms with van der Waals surface area (Å²) in [6.07, 6.45) is 1.84. The van der Waals surface area contributed by atoms with Crippen molar-refractivity contribution in [3.63, 3.8) is 0 Å². The molecule has 1 aromatic heterocycles. The quantitative estimate of drug-likeness (QED) is 0.458. The van der Waals surface area contributed by atoms with Crippen molar-refractivity contribution >= 4 is 29.1 Å². The molecule has 0 fully saturated rings. The van der Waals surface area contributed by atoms with Crippen LogP contribution in [0.5, 0.6) is 11.5 Å². The molecule has 0 saturated heterocycles. The molecule has 1 aliphatic heterocycles. The Kier molecular flexibility index (Phi) is 7.30. The zero-order valence-corrected chi connectivity index (χ0v) is 22.0. The Morgan fingerprint density at radius 1 is 1.14 bits per heavy atom. The third-order valence-corrected chi connectivity index (χ3v) is 6.94. The van der Waals surface area contributed by atoms with Gasteiger partial charge in [-0.3, -0.25) is 9.36 Å². The largest absolute Gasteiger partial charge is 0.497 e. The highest BCUT2D eigenvalue weighted by molar-refractivity contribution is 7.07. The van der Waals surface area contributed by atoms with Gasteiger partial charge in [-0.2, -0.15) is 0 Å². The normalized spacial score (nSPS) is 15.3. The summed E-state index contributed by atoms with van der Waals surface area (Å²) < 4.78 is 18.4. The Labute approximate surface area is 213 Å². The fourth-order valence-electron chi connectivity index (χ4n) is 4.15. The number of anilines is 1. The van der Waals surface area contributed by atoms with Crippen molar-refractivity contribution in [3.8, 4) is 11.5 Å². The minimum Gasteiger partial charge on any atom is -0.497 e. The first-order valence-corrected chi connectivity index (χ1v) is 12.3. The first kappa shape index (κ1) is 25.2. The lowest BCUT2D eigenvalue weighted by Crippen LogP contribution is -2.40. The molecule has 0 aliphatic carbocycles. The Morgan fingerprint density at radius 2 is 1.86 bits per heavy atom. The lowest BCUT2D eigenvalue weighted by molar-refractivity contribution is -0.139. The molecule has 0 bridgehead atoms. The van der Waals surface area contributed by atoms with E-state index in [1.54, 1.807) is 50.8 Å². The predicted octanol–water partition coefficient (Wildman–Crippen LogP) is 2.88. The molecule has 0 radical (unpaired) electrons. The van der Waals surface area contributed by atoms with Crippen LogP contribution < -0.4 is 29.3 Å². The van der Waals surface area contributed by atoms with E-state index in [0.29, 0.717) is 37.7 Å². The van der Waals surface area contributed by atoms with Crippen LogP contribution in [-0.4, -0.2) is 45.5 Å². The van der Waals surface area contributed by atoms with E-state index in [4.69, 9.17) is 14.2 Å². The zero-order valence-electron chi connectivity index (χ0n) is 21.2. The zero-order chi connectivity index (χ0) is 26.0. The van der Waals surface area contributed by atoms with E-state index >= 15 is 0 Å². The van der Waals surface area contributed by atoms with Crippen LogP contribution in [0.2, 0.25) is 0 Å². The summed E-state index contributed by atoms with van der Waals surface area (Å²) in [5, 5.41) is 0. The molecule has 1 aliphatic rings. The molecule has 2 heterocycles. The van der Waals surface area contributed by atoms with Crippen molar-refractivity contribution in [1.29, 1.82) is 0 Å². The number of esters is 1. The molecule has 2 aromatic carbocycles. The highest BCUT2D eigenvalue weighted by Gasteiger charge is 2.35. The van der Waals surface area contributed by atoms with Crippen molar-refractivity contribution < 1.29 is 19.0 Å². The number of fused-ring (bicyclic) bond motifs is 1. The number of benzene rings is 2. The molecule has 0 unspecified atom stereocenters. The smallest absolute Gasteiger partial charge is 0.338 e. The Bertz CT molecular complexity index is 1500. The predicted molar refractivity (Wildman–Crippen MR) is 141 cm³/mol. The second kappa shape index (κ2) is 10.4. The lowest BCUT2D eigenvalue weighted by atomic mass is 9.95. The second-order valence-electron chi connectivity index (χ2n) is 8.40. The molecule has 3 aromatic rings. The first-order valence-electron chi connectivity index (χ1n) is 11.5. The maximum absolute atomic E-state index is 13.8. The van der Waals surface area contributed by atoms with Crippen LogP contribution in [0.4, 0.5) is 5.69 Å². The molecule has 4 rings (SSSR count). The number of allylic oxidation sites excluding steroid dienone is 1. The second-order valence-corrected chi connectivity index (χ2v) is 9.41. The maximum atomic E-state index is 13.8. The van der Waals surface area contributed by atoms with Gasteiger partial charge in [-0.1, -0.05) is 23.5 Å². The van der Waals surface area contributed by atoms with Crippen LogP contribution in [0.15, 0.2) is 63.5 Å². The van der Waals surface area contributed by atoms with E-state index in [2.05, 4.69) is 4.99 Å². The van der Waals surface area contributed by atoms with Gasteiger partial charge in [0.15, 0.2) is 4.80 Å². The van der Waals surface area contributed by atoms with Crippen molar-refractivity contribution in [3.05, 3.63) is 84.5 Å². The average molecular weight is 508 g/mol. The number of methoxy groups -OCH3 is 2. The van der Waals surface area contributed by atoms with Crippen LogP contribution in [0.3, 0.4) is 0 Å². The molecule has 0 spiro atoms. The van der Waals surface area contributed by atoms with E-state index in [-0.39, 0.29) is 12.2 Å². The lowest BCUT2D eigenvalue weighted by Gasteiger charge is -2.26. The van der Waals surface area contributed by atoms with Gasteiger partial charge in [0.1, 0.15) is 17.5 Å². The topological polar surface area (TPSA) is 82.4 Å². The van der Waals surface area contributed by atoms with Crippen LogP contribution in [0.1, 0.15) is 31.0 Å². The molecular weight excluding hydrogens is 478 g/mol. The summed E-state index contributed by atoms with van der Waals surface area (Å²) in [7, 11) is 7.06. The van der Waals surface area contributed by atoms with E-state index in [1.807, 2.05) is 49.3 Å². The van der Waals surface area contributed by atoms with Gasteiger partial charge in [0.05, 0.1) is 36.6 Å². The number of carbonyl (C=O) groups is 1. The monoisotopic (exact) mass is 507 g/mol. The summed E-state index contributed by atoms with van der Waals surface area (Å²) in [4.78, 5) is 34.0. The van der Waals surface area contributed by atoms with Gasteiger partial charge in [0.25, 0.3) is 5.56 Å². The number of hydrogen-bond donors (Lipinski definition) is 0. The van der Waals surface area contributed by atoms with Gasteiger partial charge in [0.2, 0.25) is 0 Å². The van der Waals surface area contributed by atoms with Crippen LogP contribution >= 0.6 is 11.3 Å².